The van der Waals surface area contributed by atoms with Gasteiger partial charge < -0.3 is 5.73 Å². The standard InChI is InChI=1S/C13H19FN2O2S/c1-4-9-6-11(9)16-19(17,18)13-7(2)5-10(14)12(15)8(13)3/h5,9,11,16H,4,6,15H2,1-3H3. The average molecular weight is 286 g/mol. The van der Waals surface area contributed by atoms with E-state index < -0.39 is 15.8 Å². The van der Waals surface area contributed by atoms with Gasteiger partial charge in [0.05, 0.1) is 10.6 Å². The third kappa shape index (κ3) is 2.60. The molecule has 1 saturated carbocycles. The molecule has 1 fully saturated rings. The van der Waals surface area contributed by atoms with Gasteiger partial charge in [0.15, 0.2) is 0 Å². The highest BCUT2D eigenvalue weighted by Gasteiger charge is 2.39. The second-order valence-electron chi connectivity index (χ2n) is 5.17. The van der Waals surface area contributed by atoms with Crippen molar-refractivity contribution in [1.82, 2.24) is 4.72 Å². The molecule has 0 aromatic heterocycles. The van der Waals surface area contributed by atoms with Gasteiger partial charge in [-0.1, -0.05) is 13.3 Å². The Morgan fingerprint density at radius 3 is 2.63 bits per heavy atom. The molecule has 0 spiro atoms. The van der Waals surface area contributed by atoms with Crippen LogP contribution in [0.1, 0.15) is 30.9 Å². The zero-order valence-corrected chi connectivity index (χ0v) is 12.1. The molecular weight excluding hydrogens is 267 g/mol. The monoisotopic (exact) mass is 286 g/mol. The summed E-state index contributed by atoms with van der Waals surface area (Å²) in [5.41, 5.74) is 6.13. The first-order chi connectivity index (χ1) is 8.77. The Bertz CT molecular complexity index is 614. The number of nitrogens with two attached hydrogens (primary N) is 1. The number of aryl methyl sites for hydroxylation is 1. The molecule has 1 aromatic carbocycles. The molecule has 3 N–H and O–H groups in total. The van der Waals surface area contributed by atoms with Crippen molar-refractivity contribution >= 4 is 15.7 Å². The molecule has 0 amide bonds. The highest BCUT2D eigenvalue weighted by molar-refractivity contribution is 7.89. The highest BCUT2D eigenvalue weighted by atomic mass is 32.2. The quantitative estimate of drug-likeness (QED) is 0.833. The van der Waals surface area contributed by atoms with Crippen LogP contribution in [0.3, 0.4) is 0 Å². The van der Waals surface area contributed by atoms with E-state index in [2.05, 4.69) is 4.72 Å². The number of sulfonamides is 1. The van der Waals surface area contributed by atoms with E-state index in [9.17, 15) is 12.8 Å². The minimum Gasteiger partial charge on any atom is -0.396 e. The molecular formula is C13H19FN2O2S. The molecule has 2 unspecified atom stereocenters. The van der Waals surface area contributed by atoms with Crippen molar-refractivity contribution in [3.8, 4) is 0 Å². The number of nitrogens with one attached hydrogen (secondary N) is 1. The molecule has 0 heterocycles. The number of halogens is 1. The van der Waals surface area contributed by atoms with Crippen LogP contribution < -0.4 is 10.5 Å². The van der Waals surface area contributed by atoms with Crippen molar-refractivity contribution in [2.45, 2.75) is 44.6 Å². The summed E-state index contributed by atoms with van der Waals surface area (Å²) in [7, 11) is -3.64. The minimum atomic E-state index is -3.64. The second kappa shape index (κ2) is 4.76. The van der Waals surface area contributed by atoms with Crippen molar-refractivity contribution in [1.29, 1.82) is 0 Å². The lowest BCUT2D eigenvalue weighted by Crippen LogP contribution is -2.28. The lowest BCUT2D eigenvalue weighted by atomic mass is 10.1. The largest absolute Gasteiger partial charge is 0.396 e. The molecule has 4 nitrogen and oxygen atoms in total. The van der Waals surface area contributed by atoms with Gasteiger partial charge in [-0.25, -0.2) is 17.5 Å². The fourth-order valence-corrected chi connectivity index (χ4v) is 4.25. The third-order valence-corrected chi connectivity index (χ3v) is 5.50. The molecule has 6 heteroatoms. The predicted octanol–water partition coefficient (Wildman–Crippen LogP) is 2.10. The molecule has 19 heavy (non-hydrogen) atoms. The van der Waals surface area contributed by atoms with Crippen LogP contribution in [-0.4, -0.2) is 14.5 Å². The first-order valence-electron chi connectivity index (χ1n) is 6.35. The predicted molar refractivity (Wildman–Crippen MR) is 72.8 cm³/mol. The van der Waals surface area contributed by atoms with E-state index in [0.29, 0.717) is 11.5 Å². The Kier molecular flexibility index (Phi) is 3.57. The van der Waals surface area contributed by atoms with E-state index >= 15 is 0 Å². The summed E-state index contributed by atoms with van der Waals surface area (Å²) in [4.78, 5) is 0.105. The van der Waals surface area contributed by atoms with Crippen molar-refractivity contribution in [2.24, 2.45) is 5.92 Å². The maximum Gasteiger partial charge on any atom is 0.241 e. The van der Waals surface area contributed by atoms with E-state index in [-0.39, 0.29) is 22.2 Å². The van der Waals surface area contributed by atoms with Crippen molar-refractivity contribution in [3.05, 3.63) is 23.0 Å². The first-order valence-corrected chi connectivity index (χ1v) is 7.83. The van der Waals surface area contributed by atoms with Gasteiger partial charge in [0, 0.05) is 6.04 Å². The maximum absolute atomic E-state index is 13.5. The van der Waals surface area contributed by atoms with Gasteiger partial charge in [0.25, 0.3) is 0 Å². The van der Waals surface area contributed by atoms with Crippen molar-refractivity contribution in [3.63, 3.8) is 0 Å². The smallest absolute Gasteiger partial charge is 0.241 e. The number of benzene rings is 1. The van der Waals surface area contributed by atoms with Gasteiger partial charge >= 0.3 is 0 Å². The van der Waals surface area contributed by atoms with Crippen LogP contribution in [0.2, 0.25) is 0 Å². The molecule has 1 aromatic rings. The molecule has 1 aliphatic carbocycles. The molecule has 0 saturated heterocycles. The fraction of sp³-hybridized carbons (Fsp3) is 0.538. The molecule has 1 aliphatic rings. The van der Waals surface area contributed by atoms with Crippen LogP contribution in [0.4, 0.5) is 10.1 Å². The lowest BCUT2D eigenvalue weighted by Gasteiger charge is -2.14. The zero-order chi connectivity index (χ0) is 14.4. The van der Waals surface area contributed by atoms with E-state index in [4.69, 9.17) is 5.73 Å². The number of nitrogen functional groups attached to an aromatic ring is 1. The molecule has 106 valence electrons. The van der Waals surface area contributed by atoms with Gasteiger partial charge in [-0.3, -0.25) is 0 Å². The summed E-state index contributed by atoms with van der Waals surface area (Å²) in [6.45, 7) is 5.14. The summed E-state index contributed by atoms with van der Waals surface area (Å²) in [5.74, 6) is -0.167. The SMILES string of the molecule is CCC1CC1NS(=O)(=O)c1c(C)cc(F)c(N)c1C. The van der Waals surface area contributed by atoms with Gasteiger partial charge in [0.1, 0.15) is 5.82 Å². The van der Waals surface area contributed by atoms with Crippen LogP contribution in [0.15, 0.2) is 11.0 Å². The second-order valence-corrected chi connectivity index (χ2v) is 6.83. The zero-order valence-electron chi connectivity index (χ0n) is 11.3. The third-order valence-electron chi connectivity index (χ3n) is 3.73. The summed E-state index contributed by atoms with van der Waals surface area (Å²) in [5, 5.41) is 0. The first kappa shape index (κ1) is 14.3. The minimum absolute atomic E-state index is 0.0000718. The molecule has 2 atom stereocenters. The molecule has 0 aliphatic heterocycles. The number of anilines is 1. The van der Waals surface area contributed by atoms with Crippen LogP contribution in [0.25, 0.3) is 0 Å². The summed E-state index contributed by atoms with van der Waals surface area (Å²) in [6.07, 6.45) is 1.82. The van der Waals surface area contributed by atoms with E-state index in [0.717, 1.165) is 12.8 Å². The molecule has 0 bridgehead atoms. The topological polar surface area (TPSA) is 72.2 Å². The fourth-order valence-electron chi connectivity index (χ4n) is 2.45. The molecule has 0 radical (unpaired) electrons. The molecule has 2 rings (SSSR count). The average Bonchev–Trinajstić information content (AvgIpc) is 3.03. The Labute approximate surface area is 113 Å². The Balaban J connectivity index is 2.38. The number of rotatable bonds is 4. The van der Waals surface area contributed by atoms with E-state index in [1.807, 2.05) is 6.92 Å². The summed E-state index contributed by atoms with van der Waals surface area (Å²) in [6, 6.07) is 1.17. The number of hydrogen-bond acceptors (Lipinski definition) is 3. The van der Waals surface area contributed by atoms with Crippen molar-refractivity contribution in [2.75, 3.05) is 5.73 Å². The van der Waals surface area contributed by atoms with E-state index in [1.54, 1.807) is 6.92 Å². The summed E-state index contributed by atoms with van der Waals surface area (Å²) < 4.78 is 40.9. The van der Waals surface area contributed by atoms with Crippen LogP contribution in [0, 0.1) is 25.6 Å². The van der Waals surface area contributed by atoms with E-state index in [1.165, 1.54) is 13.0 Å². The Morgan fingerprint density at radius 1 is 1.47 bits per heavy atom. The van der Waals surface area contributed by atoms with Gasteiger partial charge in [-0.2, -0.15) is 0 Å². The van der Waals surface area contributed by atoms with Gasteiger partial charge in [0.2, 0.25) is 10.0 Å². The Morgan fingerprint density at radius 2 is 2.11 bits per heavy atom. The van der Waals surface area contributed by atoms with Crippen LogP contribution in [-0.2, 0) is 10.0 Å². The highest BCUT2D eigenvalue weighted by Crippen LogP contribution is 2.35. The van der Waals surface area contributed by atoms with Crippen LogP contribution >= 0.6 is 0 Å². The summed E-state index contributed by atoms with van der Waals surface area (Å²) >= 11 is 0. The number of hydrogen-bond donors (Lipinski definition) is 2. The van der Waals surface area contributed by atoms with Gasteiger partial charge in [-0.15, -0.1) is 0 Å². The van der Waals surface area contributed by atoms with Crippen molar-refractivity contribution < 1.29 is 12.8 Å². The van der Waals surface area contributed by atoms with Crippen LogP contribution in [0.5, 0.6) is 0 Å². The lowest BCUT2D eigenvalue weighted by molar-refractivity contribution is 0.573. The maximum atomic E-state index is 13.5. The normalized spacial score (nSPS) is 22.5. The Hall–Kier alpha value is -1.14. The van der Waals surface area contributed by atoms with Gasteiger partial charge in [-0.05, 0) is 43.4 Å².